The third kappa shape index (κ3) is 1.88. The molecule has 5 heteroatoms. The van der Waals surface area contributed by atoms with E-state index >= 15 is 0 Å². The Balaban J connectivity index is 1.96. The lowest BCUT2D eigenvalue weighted by molar-refractivity contribution is 0.0873. The fraction of sp³-hybridized carbons (Fsp3) is 0.308. The Hall–Kier alpha value is -2.17. The summed E-state index contributed by atoms with van der Waals surface area (Å²) in [6.45, 7) is 2.01. The summed E-state index contributed by atoms with van der Waals surface area (Å²) in [6.07, 6.45) is 1.86. The van der Waals surface area contributed by atoms with Crippen LogP contribution in [0, 0.1) is 12.8 Å². The molecule has 1 saturated carbocycles. The van der Waals surface area contributed by atoms with E-state index in [9.17, 15) is 4.79 Å². The minimum absolute atomic E-state index is 0.0432. The van der Waals surface area contributed by atoms with Crippen LogP contribution in [0.5, 0.6) is 0 Å². The number of nitrogen functional groups attached to an aromatic ring is 1. The lowest BCUT2D eigenvalue weighted by Gasteiger charge is -1.98. The fourth-order valence-electron chi connectivity index (χ4n) is 1.81. The van der Waals surface area contributed by atoms with Crippen LogP contribution in [0.15, 0.2) is 24.3 Å². The highest BCUT2D eigenvalue weighted by Gasteiger charge is 2.33. The van der Waals surface area contributed by atoms with Crippen LogP contribution in [0.25, 0.3) is 11.4 Å². The zero-order chi connectivity index (χ0) is 12.7. The van der Waals surface area contributed by atoms with E-state index in [4.69, 9.17) is 5.73 Å². The number of hydrogen-bond donors (Lipinski definition) is 1. The molecule has 0 aliphatic heterocycles. The third-order valence-electron chi connectivity index (χ3n) is 3.08. The molecule has 18 heavy (non-hydrogen) atoms. The number of benzene rings is 1. The highest BCUT2D eigenvalue weighted by atomic mass is 16.2. The molecule has 0 saturated heterocycles. The largest absolute Gasteiger partial charge is 0.368 e. The van der Waals surface area contributed by atoms with Gasteiger partial charge in [0.15, 0.2) is 5.82 Å². The standard InChI is InChI=1S/C13H14N4O/c1-8-2-4-9(5-3-8)11-15-13(14)17(16-11)12(18)10-6-7-10/h2-5,10H,6-7H2,1H3,(H2,14,15,16). The molecule has 2 aromatic rings. The van der Waals surface area contributed by atoms with Crippen molar-refractivity contribution in [3.8, 4) is 11.4 Å². The average Bonchev–Trinajstić information content (AvgIpc) is 3.13. The Morgan fingerprint density at radius 3 is 2.61 bits per heavy atom. The minimum Gasteiger partial charge on any atom is -0.368 e. The third-order valence-corrected chi connectivity index (χ3v) is 3.08. The van der Waals surface area contributed by atoms with Gasteiger partial charge in [-0.2, -0.15) is 9.67 Å². The Labute approximate surface area is 105 Å². The number of carbonyl (C=O) groups is 1. The second-order valence-corrected chi connectivity index (χ2v) is 4.68. The quantitative estimate of drug-likeness (QED) is 0.872. The van der Waals surface area contributed by atoms with Crippen molar-refractivity contribution in [2.24, 2.45) is 5.92 Å². The van der Waals surface area contributed by atoms with Crippen LogP contribution in [0.2, 0.25) is 0 Å². The molecule has 3 rings (SSSR count). The zero-order valence-corrected chi connectivity index (χ0v) is 10.1. The molecule has 2 N–H and O–H groups in total. The predicted molar refractivity (Wildman–Crippen MR) is 68.0 cm³/mol. The summed E-state index contributed by atoms with van der Waals surface area (Å²) in [5.74, 6) is 0.710. The van der Waals surface area contributed by atoms with Crippen LogP contribution < -0.4 is 5.73 Å². The molecule has 0 spiro atoms. The Bertz CT molecular complexity index is 596. The maximum atomic E-state index is 11.9. The normalized spacial score (nSPS) is 14.7. The monoisotopic (exact) mass is 242 g/mol. The topological polar surface area (TPSA) is 73.8 Å². The van der Waals surface area contributed by atoms with E-state index in [1.54, 1.807) is 0 Å². The maximum Gasteiger partial charge on any atom is 0.253 e. The lowest BCUT2D eigenvalue weighted by atomic mass is 10.1. The number of nitrogens with zero attached hydrogens (tertiary/aromatic N) is 3. The molecule has 1 aromatic carbocycles. The van der Waals surface area contributed by atoms with Gasteiger partial charge in [0.2, 0.25) is 5.95 Å². The number of carbonyl (C=O) groups excluding carboxylic acids is 1. The van der Waals surface area contributed by atoms with Crippen LogP contribution in [0.3, 0.4) is 0 Å². The van der Waals surface area contributed by atoms with Crippen molar-refractivity contribution in [2.45, 2.75) is 19.8 Å². The summed E-state index contributed by atoms with van der Waals surface area (Å²) < 4.78 is 1.23. The van der Waals surface area contributed by atoms with Gasteiger partial charge in [0.25, 0.3) is 5.91 Å². The molecule has 1 aromatic heterocycles. The SMILES string of the molecule is Cc1ccc(-c2nc(N)n(C(=O)C3CC3)n2)cc1. The van der Waals surface area contributed by atoms with Gasteiger partial charge < -0.3 is 5.73 Å². The van der Waals surface area contributed by atoms with Crippen LogP contribution in [-0.4, -0.2) is 20.7 Å². The van der Waals surface area contributed by atoms with E-state index in [0.29, 0.717) is 5.82 Å². The van der Waals surface area contributed by atoms with E-state index < -0.39 is 0 Å². The maximum absolute atomic E-state index is 11.9. The minimum atomic E-state index is -0.0432. The molecule has 0 radical (unpaired) electrons. The molecule has 0 unspecified atom stereocenters. The van der Waals surface area contributed by atoms with Crippen molar-refractivity contribution in [3.05, 3.63) is 29.8 Å². The highest BCUT2D eigenvalue weighted by Crippen LogP contribution is 2.31. The Morgan fingerprint density at radius 2 is 2.00 bits per heavy atom. The average molecular weight is 242 g/mol. The Kier molecular flexibility index (Phi) is 2.40. The van der Waals surface area contributed by atoms with Crippen molar-refractivity contribution in [2.75, 3.05) is 5.73 Å². The van der Waals surface area contributed by atoms with Gasteiger partial charge in [0.05, 0.1) is 0 Å². The number of hydrogen-bond acceptors (Lipinski definition) is 4. The molecule has 1 aliphatic carbocycles. The molecule has 0 atom stereocenters. The van der Waals surface area contributed by atoms with Crippen LogP contribution in [0.1, 0.15) is 23.2 Å². The van der Waals surface area contributed by atoms with Gasteiger partial charge in [-0.1, -0.05) is 29.8 Å². The van der Waals surface area contributed by atoms with E-state index in [-0.39, 0.29) is 17.8 Å². The molecular formula is C13H14N4O. The van der Waals surface area contributed by atoms with E-state index in [1.807, 2.05) is 31.2 Å². The van der Waals surface area contributed by atoms with E-state index in [0.717, 1.165) is 18.4 Å². The van der Waals surface area contributed by atoms with Gasteiger partial charge in [-0.3, -0.25) is 4.79 Å². The summed E-state index contributed by atoms with van der Waals surface area (Å²) in [5.41, 5.74) is 7.78. The van der Waals surface area contributed by atoms with Crippen LogP contribution in [0.4, 0.5) is 5.95 Å². The molecule has 1 aliphatic rings. The van der Waals surface area contributed by atoms with Gasteiger partial charge >= 0.3 is 0 Å². The first-order valence-corrected chi connectivity index (χ1v) is 5.99. The summed E-state index contributed by atoms with van der Waals surface area (Å²) in [5, 5.41) is 4.20. The molecule has 5 nitrogen and oxygen atoms in total. The van der Waals surface area contributed by atoms with E-state index in [2.05, 4.69) is 10.1 Å². The molecule has 0 amide bonds. The molecular weight excluding hydrogens is 228 g/mol. The first-order valence-electron chi connectivity index (χ1n) is 5.99. The summed E-state index contributed by atoms with van der Waals surface area (Å²) >= 11 is 0. The number of nitrogens with two attached hydrogens (primary N) is 1. The predicted octanol–water partition coefficient (Wildman–Crippen LogP) is 1.89. The van der Waals surface area contributed by atoms with Gasteiger partial charge in [0, 0.05) is 11.5 Å². The van der Waals surface area contributed by atoms with Crippen molar-refractivity contribution in [1.82, 2.24) is 14.8 Å². The van der Waals surface area contributed by atoms with Gasteiger partial charge in [-0.15, -0.1) is 5.10 Å². The molecule has 1 fully saturated rings. The van der Waals surface area contributed by atoms with Gasteiger partial charge in [0.1, 0.15) is 0 Å². The molecule has 1 heterocycles. The number of anilines is 1. The number of aryl methyl sites for hydroxylation is 1. The van der Waals surface area contributed by atoms with Gasteiger partial charge in [-0.05, 0) is 19.8 Å². The number of rotatable bonds is 2. The zero-order valence-electron chi connectivity index (χ0n) is 10.1. The summed E-state index contributed by atoms with van der Waals surface area (Å²) in [7, 11) is 0. The lowest BCUT2D eigenvalue weighted by Crippen LogP contribution is -2.16. The first-order chi connectivity index (χ1) is 8.65. The van der Waals surface area contributed by atoms with Crippen molar-refractivity contribution in [3.63, 3.8) is 0 Å². The van der Waals surface area contributed by atoms with E-state index in [1.165, 1.54) is 10.2 Å². The fourth-order valence-corrected chi connectivity index (χ4v) is 1.81. The summed E-state index contributed by atoms with van der Waals surface area (Å²) in [6, 6.07) is 7.82. The number of aromatic nitrogens is 3. The second kappa shape index (κ2) is 3.94. The van der Waals surface area contributed by atoms with Gasteiger partial charge in [-0.25, -0.2) is 0 Å². The highest BCUT2D eigenvalue weighted by molar-refractivity contribution is 5.85. The Morgan fingerprint density at radius 1 is 1.33 bits per heavy atom. The van der Waals surface area contributed by atoms with Crippen molar-refractivity contribution < 1.29 is 4.79 Å². The van der Waals surface area contributed by atoms with Crippen LogP contribution >= 0.6 is 0 Å². The van der Waals surface area contributed by atoms with Crippen LogP contribution in [-0.2, 0) is 0 Å². The molecule has 92 valence electrons. The second-order valence-electron chi connectivity index (χ2n) is 4.68. The molecule has 0 bridgehead atoms. The first kappa shape index (κ1) is 11.0. The van der Waals surface area contributed by atoms with Crippen molar-refractivity contribution >= 4 is 11.9 Å². The van der Waals surface area contributed by atoms with Crippen molar-refractivity contribution in [1.29, 1.82) is 0 Å². The summed E-state index contributed by atoms with van der Waals surface area (Å²) in [4.78, 5) is 16.1. The smallest absolute Gasteiger partial charge is 0.253 e.